The van der Waals surface area contributed by atoms with Gasteiger partial charge >= 0.3 is 6.18 Å². The highest BCUT2D eigenvalue weighted by Crippen LogP contribution is 2.32. The quantitative estimate of drug-likeness (QED) is 0.717. The summed E-state index contributed by atoms with van der Waals surface area (Å²) in [5.41, 5.74) is 0.0150. The zero-order chi connectivity index (χ0) is 18.7. The molecule has 0 fully saturated rings. The molecule has 0 atom stereocenters. The SMILES string of the molecule is Oc1ccc(O)n1CCOc1ccc(-c2cccc(C(F)(F)F)c2)nc1. The highest BCUT2D eigenvalue weighted by atomic mass is 19.4. The van der Waals surface area contributed by atoms with Crippen molar-refractivity contribution < 1.29 is 28.1 Å². The Morgan fingerprint density at radius 1 is 1.00 bits per heavy atom. The minimum Gasteiger partial charge on any atom is -0.494 e. The van der Waals surface area contributed by atoms with Gasteiger partial charge in [-0.1, -0.05) is 12.1 Å². The Bertz CT molecular complexity index is 870. The molecule has 0 unspecified atom stereocenters. The van der Waals surface area contributed by atoms with E-state index in [9.17, 15) is 23.4 Å². The summed E-state index contributed by atoms with van der Waals surface area (Å²) in [5, 5.41) is 19.1. The number of rotatable bonds is 5. The highest BCUT2D eigenvalue weighted by Gasteiger charge is 2.30. The van der Waals surface area contributed by atoms with Crippen molar-refractivity contribution in [1.29, 1.82) is 0 Å². The first-order valence-electron chi connectivity index (χ1n) is 7.68. The van der Waals surface area contributed by atoms with Crippen LogP contribution in [-0.4, -0.2) is 26.4 Å². The Hall–Kier alpha value is -3.16. The molecule has 136 valence electrons. The van der Waals surface area contributed by atoms with Gasteiger partial charge in [-0.25, -0.2) is 0 Å². The average molecular weight is 364 g/mol. The van der Waals surface area contributed by atoms with Crippen LogP contribution in [0.5, 0.6) is 17.5 Å². The normalized spacial score (nSPS) is 11.5. The number of aromatic nitrogens is 2. The van der Waals surface area contributed by atoms with E-state index >= 15 is 0 Å². The van der Waals surface area contributed by atoms with E-state index in [1.807, 2.05) is 0 Å². The van der Waals surface area contributed by atoms with Gasteiger partial charge in [-0.2, -0.15) is 13.2 Å². The first-order valence-corrected chi connectivity index (χ1v) is 7.68. The molecule has 8 heteroatoms. The highest BCUT2D eigenvalue weighted by molar-refractivity contribution is 5.60. The molecule has 1 aromatic carbocycles. The van der Waals surface area contributed by atoms with E-state index in [0.717, 1.165) is 12.1 Å². The number of aromatic hydroxyl groups is 2. The maximum Gasteiger partial charge on any atom is 0.416 e. The maximum absolute atomic E-state index is 12.8. The van der Waals surface area contributed by atoms with Crippen molar-refractivity contribution in [1.82, 2.24) is 9.55 Å². The molecule has 26 heavy (non-hydrogen) atoms. The molecule has 0 spiro atoms. The average Bonchev–Trinajstić information content (AvgIpc) is 2.94. The second-order valence-electron chi connectivity index (χ2n) is 5.51. The molecular weight excluding hydrogens is 349 g/mol. The molecule has 5 nitrogen and oxygen atoms in total. The Labute approximate surface area is 146 Å². The Morgan fingerprint density at radius 3 is 2.35 bits per heavy atom. The smallest absolute Gasteiger partial charge is 0.416 e. The van der Waals surface area contributed by atoms with Crippen LogP contribution >= 0.6 is 0 Å². The largest absolute Gasteiger partial charge is 0.494 e. The number of ether oxygens (including phenoxy) is 1. The van der Waals surface area contributed by atoms with Crippen LogP contribution < -0.4 is 4.74 Å². The fraction of sp³-hybridized carbons (Fsp3) is 0.167. The minimum absolute atomic E-state index is 0.0795. The second kappa shape index (κ2) is 6.99. The van der Waals surface area contributed by atoms with E-state index in [0.29, 0.717) is 17.0 Å². The molecule has 0 bridgehead atoms. The van der Waals surface area contributed by atoms with Crippen LogP contribution in [0.2, 0.25) is 0 Å². The van der Waals surface area contributed by atoms with Gasteiger partial charge in [0.05, 0.1) is 24.0 Å². The maximum atomic E-state index is 12.8. The molecule has 0 aliphatic heterocycles. The lowest BCUT2D eigenvalue weighted by atomic mass is 10.1. The van der Waals surface area contributed by atoms with Crippen LogP contribution in [0.25, 0.3) is 11.3 Å². The molecule has 0 saturated carbocycles. The van der Waals surface area contributed by atoms with Crippen LogP contribution in [0.3, 0.4) is 0 Å². The molecule has 3 aromatic rings. The van der Waals surface area contributed by atoms with Gasteiger partial charge in [0.2, 0.25) is 0 Å². The van der Waals surface area contributed by atoms with Crippen molar-refractivity contribution in [3.05, 3.63) is 60.3 Å². The fourth-order valence-electron chi connectivity index (χ4n) is 2.42. The topological polar surface area (TPSA) is 67.5 Å². The summed E-state index contributed by atoms with van der Waals surface area (Å²) in [6.07, 6.45) is -3.00. The van der Waals surface area contributed by atoms with Crippen molar-refractivity contribution in [2.45, 2.75) is 12.7 Å². The minimum atomic E-state index is -4.41. The number of nitrogens with zero attached hydrogens (tertiary/aromatic N) is 2. The Kier molecular flexibility index (Phi) is 4.75. The van der Waals surface area contributed by atoms with Crippen LogP contribution in [0, 0.1) is 0 Å². The number of halogens is 3. The number of hydrogen-bond acceptors (Lipinski definition) is 4. The van der Waals surface area contributed by atoms with Crippen LogP contribution in [-0.2, 0) is 12.7 Å². The third-order valence-electron chi connectivity index (χ3n) is 3.74. The lowest BCUT2D eigenvalue weighted by molar-refractivity contribution is -0.137. The summed E-state index contributed by atoms with van der Waals surface area (Å²) in [6, 6.07) is 10.8. The number of pyridine rings is 1. The third kappa shape index (κ3) is 3.90. The molecule has 0 radical (unpaired) electrons. The van der Waals surface area contributed by atoms with E-state index in [1.54, 1.807) is 18.2 Å². The standard InChI is InChI=1S/C18H15F3N2O3/c19-18(20,21)13-3-1-2-12(10-13)15-5-4-14(11-22-15)26-9-8-23-16(24)6-7-17(23)25/h1-7,10-11,24-25H,8-9H2. The summed E-state index contributed by atoms with van der Waals surface area (Å²) < 4.78 is 45.1. The van der Waals surface area contributed by atoms with Gasteiger partial charge in [0.1, 0.15) is 12.4 Å². The van der Waals surface area contributed by atoms with Gasteiger partial charge in [-0.3, -0.25) is 9.55 Å². The second-order valence-corrected chi connectivity index (χ2v) is 5.51. The summed E-state index contributed by atoms with van der Waals surface area (Å²) in [7, 11) is 0. The third-order valence-corrected chi connectivity index (χ3v) is 3.74. The lowest BCUT2D eigenvalue weighted by Crippen LogP contribution is -2.07. The van der Waals surface area contributed by atoms with E-state index in [-0.39, 0.29) is 24.9 Å². The van der Waals surface area contributed by atoms with Crippen LogP contribution in [0.1, 0.15) is 5.56 Å². The summed E-state index contributed by atoms with van der Waals surface area (Å²) >= 11 is 0. The van der Waals surface area contributed by atoms with E-state index < -0.39 is 11.7 Å². The predicted molar refractivity (Wildman–Crippen MR) is 87.9 cm³/mol. The summed E-state index contributed by atoms with van der Waals surface area (Å²) in [4.78, 5) is 4.12. The van der Waals surface area contributed by atoms with Crippen molar-refractivity contribution in [3.8, 4) is 28.8 Å². The summed E-state index contributed by atoms with van der Waals surface area (Å²) in [5.74, 6) is 0.264. The molecule has 0 aliphatic rings. The van der Waals surface area contributed by atoms with Crippen LogP contribution in [0.4, 0.5) is 13.2 Å². The van der Waals surface area contributed by atoms with Crippen molar-refractivity contribution in [3.63, 3.8) is 0 Å². The number of alkyl halides is 3. The molecular formula is C18H15F3N2O3. The molecule has 2 N–H and O–H groups in total. The molecule has 0 aliphatic carbocycles. The van der Waals surface area contributed by atoms with Gasteiger partial charge in [0.15, 0.2) is 11.8 Å². The zero-order valence-electron chi connectivity index (χ0n) is 13.4. The predicted octanol–water partition coefficient (Wildman–Crippen LogP) is 4.06. The monoisotopic (exact) mass is 364 g/mol. The number of hydrogen-bond donors (Lipinski definition) is 2. The van der Waals surface area contributed by atoms with Crippen molar-refractivity contribution >= 4 is 0 Å². The van der Waals surface area contributed by atoms with Gasteiger partial charge in [0, 0.05) is 17.7 Å². The van der Waals surface area contributed by atoms with E-state index in [1.165, 1.54) is 29.0 Å². The van der Waals surface area contributed by atoms with E-state index in [2.05, 4.69) is 4.98 Å². The summed E-state index contributed by atoms with van der Waals surface area (Å²) in [6.45, 7) is 0.389. The van der Waals surface area contributed by atoms with Crippen LogP contribution in [0.15, 0.2) is 54.7 Å². The number of benzene rings is 1. The van der Waals surface area contributed by atoms with Gasteiger partial charge in [0.25, 0.3) is 0 Å². The fourth-order valence-corrected chi connectivity index (χ4v) is 2.42. The van der Waals surface area contributed by atoms with Gasteiger partial charge in [-0.05, 0) is 24.3 Å². The van der Waals surface area contributed by atoms with Crippen molar-refractivity contribution in [2.24, 2.45) is 0 Å². The molecule has 0 saturated heterocycles. The first-order chi connectivity index (χ1) is 12.3. The zero-order valence-corrected chi connectivity index (χ0v) is 13.4. The van der Waals surface area contributed by atoms with E-state index in [4.69, 9.17) is 4.74 Å². The Balaban J connectivity index is 1.65. The Morgan fingerprint density at radius 2 is 1.73 bits per heavy atom. The molecule has 3 rings (SSSR count). The van der Waals surface area contributed by atoms with Gasteiger partial charge < -0.3 is 14.9 Å². The lowest BCUT2D eigenvalue weighted by Gasteiger charge is -2.10. The molecule has 2 aromatic heterocycles. The molecule has 2 heterocycles. The van der Waals surface area contributed by atoms with Crippen molar-refractivity contribution in [2.75, 3.05) is 6.61 Å². The molecule has 0 amide bonds. The van der Waals surface area contributed by atoms with Gasteiger partial charge in [-0.15, -0.1) is 0 Å². The first kappa shape index (κ1) is 17.7.